The van der Waals surface area contributed by atoms with E-state index in [9.17, 15) is 4.39 Å². The van der Waals surface area contributed by atoms with Gasteiger partial charge in [0, 0.05) is 12.4 Å². The van der Waals surface area contributed by atoms with Gasteiger partial charge in [0.1, 0.15) is 5.82 Å². The lowest BCUT2D eigenvalue weighted by atomic mass is 9.97. The molecule has 0 amide bonds. The van der Waals surface area contributed by atoms with Crippen molar-refractivity contribution in [2.75, 3.05) is 0 Å². The fraction of sp³-hybridized carbons (Fsp3) is 0.214. The summed E-state index contributed by atoms with van der Waals surface area (Å²) in [5.74, 6) is 5.36. The number of nitrogens with two attached hydrogens (primary N) is 1. The number of benzene rings is 1. The van der Waals surface area contributed by atoms with Crippen LogP contribution in [0.5, 0.6) is 0 Å². The second kappa shape index (κ2) is 6.23. The first-order valence-electron chi connectivity index (χ1n) is 5.92. The Bertz CT molecular complexity index is 574. The number of rotatable bonds is 4. The molecule has 5 heteroatoms. The van der Waals surface area contributed by atoms with Gasteiger partial charge in [-0.15, -0.1) is 0 Å². The largest absolute Gasteiger partial charge is 0.271 e. The van der Waals surface area contributed by atoms with Gasteiger partial charge in [0.2, 0.25) is 0 Å². The maximum Gasteiger partial charge on any atom is 0.137 e. The van der Waals surface area contributed by atoms with Crippen molar-refractivity contribution in [1.82, 2.24) is 10.4 Å². The van der Waals surface area contributed by atoms with Gasteiger partial charge in [-0.25, -0.2) is 4.39 Å². The number of halogens is 2. The molecule has 0 saturated heterocycles. The molecule has 2 rings (SSSR count). The smallest absolute Gasteiger partial charge is 0.137 e. The Morgan fingerprint density at radius 2 is 2.21 bits per heavy atom. The molecule has 0 fully saturated rings. The van der Waals surface area contributed by atoms with E-state index in [0.717, 1.165) is 16.7 Å². The zero-order valence-corrected chi connectivity index (χ0v) is 12.1. The zero-order chi connectivity index (χ0) is 13.8. The quantitative estimate of drug-likeness (QED) is 0.671. The Morgan fingerprint density at radius 3 is 2.84 bits per heavy atom. The van der Waals surface area contributed by atoms with Gasteiger partial charge in [0.15, 0.2) is 0 Å². The van der Waals surface area contributed by atoms with E-state index in [4.69, 9.17) is 5.84 Å². The van der Waals surface area contributed by atoms with Crippen molar-refractivity contribution in [1.29, 1.82) is 0 Å². The summed E-state index contributed by atoms with van der Waals surface area (Å²) in [7, 11) is 0. The molecule has 1 aromatic carbocycles. The molecule has 0 spiro atoms. The number of hydrazine groups is 1. The van der Waals surface area contributed by atoms with Crippen LogP contribution in [0.1, 0.15) is 22.7 Å². The minimum absolute atomic E-state index is 0.0499. The van der Waals surface area contributed by atoms with Crippen molar-refractivity contribution in [2.24, 2.45) is 5.84 Å². The van der Waals surface area contributed by atoms with E-state index in [-0.39, 0.29) is 11.9 Å². The molecule has 3 nitrogen and oxygen atoms in total. The average Bonchev–Trinajstić information content (AvgIpc) is 2.41. The van der Waals surface area contributed by atoms with Gasteiger partial charge in [-0.2, -0.15) is 0 Å². The number of hydrogen-bond donors (Lipinski definition) is 2. The first-order valence-corrected chi connectivity index (χ1v) is 6.71. The van der Waals surface area contributed by atoms with Gasteiger partial charge in [-0.05, 0) is 64.2 Å². The van der Waals surface area contributed by atoms with Crippen LogP contribution >= 0.6 is 15.9 Å². The highest BCUT2D eigenvalue weighted by atomic mass is 79.9. The van der Waals surface area contributed by atoms with Gasteiger partial charge < -0.3 is 0 Å². The topological polar surface area (TPSA) is 50.9 Å². The normalized spacial score (nSPS) is 12.4. The number of nitrogens with one attached hydrogen (secondary N) is 1. The molecule has 2 aromatic rings. The lowest BCUT2D eigenvalue weighted by molar-refractivity contribution is 0.546. The number of pyridine rings is 1. The Hall–Kier alpha value is -1.30. The first kappa shape index (κ1) is 14.1. The van der Waals surface area contributed by atoms with E-state index in [2.05, 4.69) is 26.3 Å². The lowest BCUT2D eigenvalue weighted by Gasteiger charge is -2.18. The molecule has 0 saturated carbocycles. The van der Waals surface area contributed by atoms with Crippen molar-refractivity contribution in [2.45, 2.75) is 19.4 Å². The highest BCUT2D eigenvalue weighted by Gasteiger charge is 2.13. The zero-order valence-electron chi connectivity index (χ0n) is 10.5. The predicted octanol–water partition coefficient (Wildman–Crippen LogP) is 3.04. The Kier molecular flexibility index (Phi) is 4.63. The summed E-state index contributed by atoms with van der Waals surface area (Å²) in [4.78, 5) is 4.12. The van der Waals surface area contributed by atoms with E-state index < -0.39 is 0 Å². The molecule has 1 aromatic heterocycles. The van der Waals surface area contributed by atoms with Crippen LogP contribution in [0.3, 0.4) is 0 Å². The Morgan fingerprint density at radius 1 is 1.42 bits per heavy atom. The highest BCUT2D eigenvalue weighted by Crippen LogP contribution is 2.23. The number of aromatic nitrogens is 1. The van der Waals surface area contributed by atoms with Crippen LogP contribution in [0, 0.1) is 12.7 Å². The molecule has 0 aliphatic carbocycles. The Balaban J connectivity index is 2.24. The van der Waals surface area contributed by atoms with Gasteiger partial charge in [-0.1, -0.05) is 6.07 Å². The van der Waals surface area contributed by atoms with Gasteiger partial charge >= 0.3 is 0 Å². The van der Waals surface area contributed by atoms with Crippen molar-refractivity contribution < 1.29 is 4.39 Å². The third-order valence-electron chi connectivity index (χ3n) is 3.08. The number of aryl methyl sites for hydroxylation is 1. The van der Waals surface area contributed by atoms with Crippen LogP contribution < -0.4 is 11.3 Å². The molecular weight excluding hydrogens is 309 g/mol. The summed E-state index contributed by atoms with van der Waals surface area (Å²) in [6.07, 6.45) is 4.22. The minimum atomic E-state index is -0.265. The second-order valence-electron chi connectivity index (χ2n) is 4.40. The molecule has 0 aliphatic heterocycles. The van der Waals surface area contributed by atoms with Crippen LogP contribution in [-0.2, 0) is 6.42 Å². The maximum atomic E-state index is 13.2. The van der Waals surface area contributed by atoms with Crippen LogP contribution in [0.15, 0.2) is 41.1 Å². The summed E-state index contributed by atoms with van der Waals surface area (Å²) in [6, 6.07) is 6.87. The fourth-order valence-corrected chi connectivity index (χ4v) is 2.43. The molecule has 1 heterocycles. The fourth-order valence-electron chi connectivity index (χ4n) is 2.00. The SMILES string of the molecule is Cc1ccncc1C(Cc1ccc(F)c(Br)c1)NN. The third kappa shape index (κ3) is 3.37. The van der Waals surface area contributed by atoms with Crippen LogP contribution in [-0.4, -0.2) is 4.98 Å². The van der Waals surface area contributed by atoms with Gasteiger partial charge in [-0.3, -0.25) is 16.3 Å². The molecule has 1 atom stereocenters. The molecule has 0 aliphatic rings. The van der Waals surface area contributed by atoms with E-state index in [1.165, 1.54) is 6.07 Å². The molecule has 1 unspecified atom stereocenters. The van der Waals surface area contributed by atoms with Crippen molar-refractivity contribution >= 4 is 15.9 Å². The van der Waals surface area contributed by atoms with Crippen LogP contribution in [0.4, 0.5) is 4.39 Å². The van der Waals surface area contributed by atoms with Crippen molar-refractivity contribution in [3.8, 4) is 0 Å². The number of hydrogen-bond acceptors (Lipinski definition) is 3. The molecule has 0 bridgehead atoms. The van der Waals surface area contributed by atoms with E-state index >= 15 is 0 Å². The molecule has 0 radical (unpaired) electrons. The summed E-state index contributed by atoms with van der Waals surface area (Å²) >= 11 is 3.19. The lowest BCUT2D eigenvalue weighted by Crippen LogP contribution is -2.30. The highest BCUT2D eigenvalue weighted by molar-refractivity contribution is 9.10. The van der Waals surface area contributed by atoms with E-state index in [1.54, 1.807) is 24.5 Å². The average molecular weight is 324 g/mol. The third-order valence-corrected chi connectivity index (χ3v) is 3.69. The molecular formula is C14H15BrFN3. The monoisotopic (exact) mass is 323 g/mol. The van der Waals surface area contributed by atoms with Crippen molar-refractivity contribution in [3.63, 3.8) is 0 Å². The summed E-state index contributed by atoms with van der Waals surface area (Å²) in [5, 5.41) is 0. The first-order chi connectivity index (χ1) is 9.11. The summed E-state index contributed by atoms with van der Waals surface area (Å²) in [5.41, 5.74) is 5.96. The van der Waals surface area contributed by atoms with Gasteiger partial charge in [0.05, 0.1) is 10.5 Å². The molecule has 100 valence electrons. The predicted molar refractivity (Wildman–Crippen MR) is 76.8 cm³/mol. The molecule has 3 N–H and O–H groups in total. The van der Waals surface area contributed by atoms with Gasteiger partial charge in [0.25, 0.3) is 0 Å². The molecule has 19 heavy (non-hydrogen) atoms. The minimum Gasteiger partial charge on any atom is -0.271 e. The Labute approximate surface area is 120 Å². The van der Waals surface area contributed by atoms with E-state index in [1.807, 2.05) is 13.0 Å². The van der Waals surface area contributed by atoms with Crippen LogP contribution in [0.2, 0.25) is 0 Å². The standard InChI is InChI=1S/C14H15BrFN3/c1-9-4-5-18-8-11(9)14(19-17)7-10-2-3-13(16)12(15)6-10/h2-6,8,14,19H,7,17H2,1H3. The van der Waals surface area contributed by atoms with E-state index in [0.29, 0.717) is 10.9 Å². The van der Waals surface area contributed by atoms with Crippen LogP contribution in [0.25, 0.3) is 0 Å². The maximum absolute atomic E-state index is 13.2. The summed E-state index contributed by atoms with van der Waals surface area (Å²) in [6.45, 7) is 2.02. The number of nitrogens with zero attached hydrogens (tertiary/aromatic N) is 1. The van der Waals surface area contributed by atoms with Crippen molar-refractivity contribution in [3.05, 3.63) is 63.6 Å². The summed E-state index contributed by atoms with van der Waals surface area (Å²) < 4.78 is 13.7. The second-order valence-corrected chi connectivity index (χ2v) is 5.26.